The van der Waals surface area contributed by atoms with Crippen molar-refractivity contribution in [1.29, 1.82) is 0 Å². The maximum absolute atomic E-state index is 12.9. The SMILES string of the molecule is COc1ccc(N(C(=O)Cn2ccc3ccccc32)S(C)(=O)=O)c(OC)n1. The zero-order chi connectivity index (χ0) is 19.6. The minimum atomic E-state index is -3.92. The molecule has 142 valence electrons. The molecule has 0 bridgehead atoms. The fourth-order valence-corrected chi connectivity index (χ4v) is 3.74. The van der Waals surface area contributed by atoms with E-state index in [4.69, 9.17) is 9.47 Å². The third-order valence-corrected chi connectivity index (χ3v) is 5.04. The van der Waals surface area contributed by atoms with Gasteiger partial charge < -0.3 is 14.0 Å². The molecule has 0 aliphatic carbocycles. The van der Waals surface area contributed by atoms with Crippen LogP contribution in [0.1, 0.15) is 0 Å². The molecule has 2 aromatic heterocycles. The first kappa shape index (κ1) is 18.7. The van der Waals surface area contributed by atoms with Crippen molar-refractivity contribution < 1.29 is 22.7 Å². The summed E-state index contributed by atoms with van der Waals surface area (Å²) in [6, 6.07) is 12.3. The van der Waals surface area contributed by atoms with Crippen molar-refractivity contribution in [3.05, 3.63) is 48.7 Å². The number of sulfonamides is 1. The van der Waals surface area contributed by atoms with E-state index in [0.717, 1.165) is 17.2 Å². The van der Waals surface area contributed by atoms with E-state index in [2.05, 4.69) is 4.98 Å². The van der Waals surface area contributed by atoms with Gasteiger partial charge in [0.15, 0.2) is 0 Å². The largest absolute Gasteiger partial charge is 0.481 e. The zero-order valence-corrected chi connectivity index (χ0v) is 15.9. The number of benzene rings is 1. The fraction of sp³-hybridized carbons (Fsp3) is 0.222. The lowest BCUT2D eigenvalue weighted by molar-refractivity contribution is -0.117. The topological polar surface area (TPSA) is 90.7 Å². The third-order valence-electron chi connectivity index (χ3n) is 3.98. The van der Waals surface area contributed by atoms with Gasteiger partial charge in [-0.15, -0.1) is 0 Å². The number of hydrogen-bond donors (Lipinski definition) is 0. The lowest BCUT2D eigenvalue weighted by atomic mass is 10.2. The van der Waals surface area contributed by atoms with Crippen LogP contribution < -0.4 is 13.8 Å². The Morgan fingerprint density at radius 3 is 2.52 bits per heavy atom. The van der Waals surface area contributed by atoms with E-state index < -0.39 is 15.9 Å². The second-order valence-corrected chi connectivity index (χ2v) is 7.64. The van der Waals surface area contributed by atoms with Crippen molar-refractivity contribution in [1.82, 2.24) is 9.55 Å². The summed E-state index contributed by atoms with van der Waals surface area (Å²) in [6.07, 6.45) is 2.70. The molecular weight excluding hydrogens is 370 g/mol. The van der Waals surface area contributed by atoms with Crippen LogP contribution in [0, 0.1) is 0 Å². The molecule has 2 heterocycles. The van der Waals surface area contributed by atoms with Gasteiger partial charge in [0.2, 0.25) is 21.8 Å². The number of anilines is 1. The van der Waals surface area contributed by atoms with Crippen molar-refractivity contribution in [2.75, 3.05) is 24.8 Å². The van der Waals surface area contributed by atoms with E-state index >= 15 is 0 Å². The number of para-hydroxylation sites is 1. The van der Waals surface area contributed by atoms with Crippen LogP contribution in [0.5, 0.6) is 11.8 Å². The van der Waals surface area contributed by atoms with Gasteiger partial charge in [-0.3, -0.25) is 4.79 Å². The number of amides is 1. The van der Waals surface area contributed by atoms with Crippen LogP contribution in [-0.4, -0.2) is 44.4 Å². The predicted octanol–water partition coefficient (Wildman–Crippen LogP) is 2.05. The van der Waals surface area contributed by atoms with Gasteiger partial charge in [-0.25, -0.2) is 8.42 Å². The molecule has 0 fully saturated rings. The minimum absolute atomic E-state index is 0.0227. The van der Waals surface area contributed by atoms with E-state index in [1.807, 2.05) is 30.3 Å². The molecule has 0 aliphatic rings. The number of pyridine rings is 1. The zero-order valence-electron chi connectivity index (χ0n) is 15.1. The summed E-state index contributed by atoms with van der Waals surface area (Å²) in [6.45, 7) is -0.157. The Bertz CT molecular complexity index is 1090. The number of carbonyl (C=O) groups is 1. The highest BCUT2D eigenvalue weighted by Crippen LogP contribution is 2.31. The first-order valence-electron chi connectivity index (χ1n) is 8.01. The molecule has 3 rings (SSSR count). The Balaban J connectivity index is 2.02. The number of rotatable bonds is 6. The van der Waals surface area contributed by atoms with Crippen LogP contribution >= 0.6 is 0 Å². The Morgan fingerprint density at radius 2 is 1.85 bits per heavy atom. The van der Waals surface area contributed by atoms with Crippen molar-refractivity contribution in [2.24, 2.45) is 0 Å². The van der Waals surface area contributed by atoms with Gasteiger partial charge in [0.25, 0.3) is 5.91 Å². The van der Waals surface area contributed by atoms with Crippen molar-refractivity contribution >= 4 is 32.5 Å². The number of carbonyl (C=O) groups excluding carboxylic acids is 1. The van der Waals surface area contributed by atoms with Crippen molar-refractivity contribution in [3.8, 4) is 11.8 Å². The summed E-state index contributed by atoms with van der Waals surface area (Å²) in [5.41, 5.74) is 0.862. The molecule has 0 spiro atoms. The van der Waals surface area contributed by atoms with E-state index in [0.29, 0.717) is 4.31 Å². The molecule has 0 N–H and O–H groups in total. The molecule has 3 aromatic rings. The summed E-state index contributed by atoms with van der Waals surface area (Å²) < 4.78 is 37.3. The average molecular weight is 389 g/mol. The first-order valence-corrected chi connectivity index (χ1v) is 9.86. The van der Waals surface area contributed by atoms with E-state index in [1.54, 1.807) is 10.8 Å². The fourth-order valence-electron chi connectivity index (χ4n) is 2.82. The molecule has 9 heteroatoms. The molecular formula is C18H19N3O5S. The van der Waals surface area contributed by atoms with Crippen LogP contribution in [0.2, 0.25) is 0 Å². The van der Waals surface area contributed by atoms with E-state index in [1.165, 1.54) is 26.4 Å². The Hall–Kier alpha value is -3.07. The van der Waals surface area contributed by atoms with Gasteiger partial charge in [-0.05, 0) is 23.6 Å². The molecule has 0 saturated heterocycles. The summed E-state index contributed by atoms with van der Waals surface area (Å²) in [4.78, 5) is 17.0. The summed E-state index contributed by atoms with van der Waals surface area (Å²) in [5, 5.41) is 0.958. The lowest BCUT2D eigenvalue weighted by Crippen LogP contribution is -2.38. The molecule has 1 aromatic carbocycles. The van der Waals surface area contributed by atoms with Gasteiger partial charge >= 0.3 is 0 Å². The number of hydrogen-bond acceptors (Lipinski definition) is 6. The lowest BCUT2D eigenvalue weighted by Gasteiger charge is -2.22. The van der Waals surface area contributed by atoms with Gasteiger partial charge in [0.1, 0.15) is 12.2 Å². The number of fused-ring (bicyclic) bond motifs is 1. The second kappa shape index (κ2) is 7.28. The predicted molar refractivity (Wildman–Crippen MR) is 102 cm³/mol. The highest BCUT2D eigenvalue weighted by Gasteiger charge is 2.29. The van der Waals surface area contributed by atoms with Gasteiger partial charge in [0, 0.05) is 17.8 Å². The summed E-state index contributed by atoms with van der Waals surface area (Å²) in [7, 11) is -1.14. The highest BCUT2D eigenvalue weighted by atomic mass is 32.2. The van der Waals surface area contributed by atoms with E-state index in [-0.39, 0.29) is 24.0 Å². The Kier molecular flexibility index (Phi) is 5.04. The first-order chi connectivity index (χ1) is 12.8. The van der Waals surface area contributed by atoms with Crippen molar-refractivity contribution in [2.45, 2.75) is 6.54 Å². The maximum atomic E-state index is 12.9. The summed E-state index contributed by atoms with van der Waals surface area (Å²) in [5.74, 6) is -0.414. The molecule has 8 nitrogen and oxygen atoms in total. The second-order valence-electron chi connectivity index (χ2n) is 5.81. The molecule has 0 atom stereocenters. The molecule has 0 aliphatic heterocycles. The monoisotopic (exact) mass is 389 g/mol. The maximum Gasteiger partial charge on any atom is 0.260 e. The minimum Gasteiger partial charge on any atom is -0.481 e. The molecule has 0 radical (unpaired) electrons. The van der Waals surface area contributed by atoms with Crippen LogP contribution in [0.15, 0.2) is 48.7 Å². The van der Waals surface area contributed by atoms with Crippen LogP contribution in [0.25, 0.3) is 10.9 Å². The van der Waals surface area contributed by atoms with Gasteiger partial charge in [-0.2, -0.15) is 9.29 Å². The Labute approximate surface area is 157 Å². The Morgan fingerprint density at radius 1 is 1.11 bits per heavy atom. The molecule has 0 saturated carbocycles. The average Bonchev–Trinajstić information content (AvgIpc) is 3.04. The molecule has 1 amide bonds. The molecule has 27 heavy (non-hydrogen) atoms. The third kappa shape index (κ3) is 3.72. The summed E-state index contributed by atoms with van der Waals surface area (Å²) >= 11 is 0. The standard InChI is InChI=1S/C18H19N3O5S/c1-25-16-9-8-15(18(19-16)26-2)21(27(3,23)24)17(22)12-20-11-10-13-6-4-5-7-14(13)20/h4-11H,12H2,1-3H3. The highest BCUT2D eigenvalue weighted by molar-refractivity contribution is 7.92. The number of ether oxygens (including phenoxy) is 2. The van der Waals surface area contributed by atoms with Gasteiger partial charge in [0.05, 0.1) is 20.5 Å². The quantitative estimate of drug-likeness (QED) is 0.641. The van der Waals surface area contributed by atoms with E-state index in [9.17, 15) is 13.2 Å². The van der Waals surface area contributed by atoms with Gasteiger partial charge in [-0.1, -0.05) is 18.2 Å². The number of nitrogens with zero attached hydrogens (tertiary/aromatic N) is 3. The molecule has 0 unspecified atom stereocenters. The number of methoxy groups -OCH3 is 2. The van der Waals surface area contributed by atoms with Crippen LogP contribution in [0.4, 0.5) is 5.69 Å². The van der Waals surface area contributed by atoms with Crippen LogP contribution in [0.3, 0.4) is 0 Å². The number of aromatic nitrogens is 2. The van der Waals surface area contributed by atoms with Crippen molar-refractivity contribution in [3.63, 3.8) is 0 Å². The smallest absolute Gasteiger partial charge is 0.260 e. The van der Waals surface area contributed by atoms with Crippen LogP contribution in [-0.2, 0) is 21.4 Å². The normalized spacial score (nSPS) is 11.4.